The number of nitrogens with zero attached hydrogens (tertiary/aromatic N) is 3. The number of aromatic nitrogens is 1. The molecule has 36 heavy (non-hydrogen) atoms. The van der Waals surface area contributed by atoms with E-state index in [-0.39, 0.29) is 6.61 Å². The minimum atomic E-state index is -4.62. The van der Waals surface area contributed by atoms with Gasteiger partial charge >= 0.3 is 6.18 Å². The predicted octanol–water partition coefficient (Wildman–Crippen LogP) is 2.02. The fraction of sp³-hybridized carbons (Fsp3) is 0.667. The first kappa shape index (κ1) is 24.9. The molecule has 0 saturated carbocycles. The van der Waals surface area contributed by atoms with Crippen molar-refractivity contribution in [2.75, 3.05) is 46.1 Å². The average Bonchev–Trinajstić information content (AvgIpc) is 3.54. The fourth-order valence-corrected chi connectivity index (χ4v) is 5.31. The van der Waals surface area contributed by atoms with Crippen LogP contribution in [-0.2, 0) is 10.9 Å². The van der Waals surface area contributed by atoms with Crippen LogP contribution in [0.15, 0.2) is 23.8 Å². The van der Waals surface area contributed by atoms with Crippen LogP contribution < -0.4 is 26.0 Å². The van der Waals surface area contributed by atoms with Crippen molar-refractivity contribution in [3.05, 3.63) is 34.9 Å². The quantitative estimate of drug-likeness (QED) is 0.441. The molecule has 12 heteroatoms. The molecule has 4 aliphatic rings. The third-order valence-electron chi connectivity index (χ3n) is 7.30. The van der Waals surface area contributed by atoms with Crippen LogP contribution in [0.5, 0.6) is 5.88 Å². The Labute approximate surface area is 208 Å². The smallest absolute Gasteiger partial charge is 0.421 e. The zero-order valence-corrected chi connectivity index (χ0v) is 20.0. The lowest BCUT2D eigenvalue weighted by atomic mass is 9.95. The van der Waals surface area contributed by atoms with Gasteiger partial charge in [0.1, 0.15) is 17.5 Å². The van der Waals surface area contributed by atoms with Crippen LogP contribution in [0.2, 0.25) is 0 Å². The molecule has 3 atom stereocenters. The van der Waals surface area contributed by atoms with Crippen molar-refractivity contribution >= 4 is 0 Å². The van der Waals surface area contributed by atoms with Gasteiger partial charge in [-0.05, 0) is 56.3 Å². The molecule has 3 unspecified atom stereocenters. The Morgan fingerprint density at radius 2 is 2.06 bits per heavy atom. The van der Waals surface area contributed by atoms with E-state index in [2.05, 4.69) is 37.2 Å². The number of rotatable bonds is 7. The fourth-order valence-electron chi connectivity index (χ4n) is 5.31. The first-order valence-electron chi connectivity index (χ1n) is 12.6. The summed E-state index contributed by atoms with van der Waals surface area (Å²) in [4.78, 5) is 6.18. The topological polar surface area (TPSA) is 107 Å². The molecular weight excluding hydrogens is 475 g/mol. The molecule has 5 rings (SSSR count). The van der Waals surface area contributed by atoms with Crippen LogP contribution in [0.3, 0.4) is 0 Å². The SMILES string of the molecule is N#CC1NC2=C(NCN2CC2CCOC2)C(c2cnc(OCCC3CCNCC3)c(C(F)(F)F)c2)N1. The van der Waals surface area contributed by atoms with Crippen LogP contribution >= 0.6 is 0 Å². The number of nitrogens with one attached hydrogen (secondary N) is 4. The van der Waals surface area contributed by atoms with E-state index in [0.717, 1.165) is 57.4 Å². The number of halogens is 3. The lowest BCUT2D eigenvalue weighted by Gasteiger charge is -2.33. The maximum absolute atomic E-state index is 14.0. The molecule has 9 nitrogen and oxygen atoms in total. The van der Waals surface area contributed by atoms with Gasteiger partial charge < -0.3 is 30.3 Å². The second-order valence-corrected chi connectivity index (χ2v) is 9.80. The van der Waals surface area contributed by atoms with E-state index in [4.69, 9.17) is 9.47 Å². The maximum atomic E-state index is 14.0. The molecule has 0 amide bonds. The van der Waals surface area contributed by atoms with Gasteiger partial charge in [0.25, 0.3) is 0 Å². The van der Waals surface area contributed by atoms with Crippen molar-refractivity contribution in [1.29, 1.82) is 5.26 Å². The third kappa shape index (κ3) is 5.48. The number of ether oxygens (including phenoxy) is 2. The van der Waals surface area contributed by atoms with Crippen molar-refractivity contribution in [2.24, 2.45) is 11.8 Å². The molecule has 2 fully saturated rings. The molecule has 5 heterocycles. The summed E-state index contributed by atoms with van der Waals surface area (Å²) in [6.45, 7) is 4.70. The highest BCUT2D eigenvalue weighted by Crippen LogP contribution is 2.39. The molecule has 2 saturated heterocycles. The number of hydrogen-bond donors (Lipinski definition) is 4. The first-order valence-corrected chi connectivity index (χ1v) is 12.6. The molecule has 1 aromatic rings. The van der Waals surface area contributed by atoms with E-state index in [1.54, 1.807) is 0 Å². The first-order chi connectivity index (χ1) is 17.4. The van der Waals surface area contributed by atoms with Crippen molar-refractivity contribution in [3.8, 4) is 11.9 Å². The Hall–Kier alpha value is -2.75. The Morgan fingerprint density at radius 3 is 2.78 bits per heavy atom. The molecule has 0 radical (unpaired) electrons. The molecule has 0 aliphatic carbocycles. The van der Waals surface area contributed by atoms with Gasteiger partial charge in [-0.25, -0.2) is 4.98 Å². The van der Waals surface area contributed by atoms with Gasteiger partial charge in [-0.1, -0.05) is 0 Å². The van der Waals surface area contributed by atoms with Gasteiger partial charge in [0.05, 0.1) is 31.6 Å². The molecule has 0 bridgehead atoms. The van der Waals surface area contributed by atoms with Gasteiger partial charge in [-0.15, -0.1) is 0 Å². The van der Waals surface area contributed by atoms with Crippen LogP contribution in [0.4, 0.5) is 13.2 Å². The molecule has 0 aromatic carbocycles. The Bertz CT molecular complexity index is 1000. The van der Waals surface area contributed by atoms with E-state index < -0.39 is 29.8 Å². The molecule has 1 aromatic heterocycles. The summed E-state index contributed by atoms with van der Waals surface area (Å²) in [5.74, 6) is 1.14. The summed E-state index contributed by atoms with van der Waals surface area (Å²) in [6, 6.07) is 2.58. The third-order valence-corrected chi connectivity index (χ3v) is 7.30. The number of alkyl halides is 3. The highest BCUT2D eigenvalue weighted by atomic mass is 19.4. The summed E-state index contributed by atoms with van der Waals surface area (Å²) >= 11 is 0. The number of piperidine rings is 1. The molecule has 196 valence electrons. The van der Waals surface area contributed by atoms with Gasteiger partial charge in [0.15, 0.2) is 6.17 Å². The largest absolute Gasteiger partial charge is 0.477 e. The van der Waals surface area contributed by atoms with Crippen molar-refractivity contribution in [2.45, 2.75) is 44.1 Å². The van der Waals surface area contributed by atoms with E-state index >= 15 is 0 Å². The van der Waals surface area contributed by atoms with Crippen LogP contribution in [-0.4, -0.2) is 62.2 Å². The predicted molar refractivity (Wildman–Crippen MR) is 124 cm³/mol. The number of nitriles is 1. The van der Waals surface area contributed by atoms with Crippen molar-refractivity contribution in [3.63, 3.8) is 0 Å². The minimum absolute atomic E-state index is 0.193. The molecule has 4 aliphatic heterocycles. The summed E-state index contributed by atoms with van der Waals surface area (Å²) in [7, 11) is 0. The van der Waals surface area contributed by atoms with E-state index in [1.165, 1.54) is 6.20 Å². The van der Waals surface area contributed by atoms with Crippen LogP contribution in [0.25, 0.3) is 0 Å². The van der Waals surface area contributed by atoms with Crippen LogP contribution in [0, 0.1) is 23.2 Å². The second kappa shape index (κ2) is 10.7. The van der Waals surface area contributed by atoms with Gasteiger partial charge in [0, 0.05) is 25.3 Å². The zero-order valence-electron chi connectivity index (χ0n) is 20.0. The Balaban J connectivity index is 1.36. The Kier molecular flexibility index (Phi) is 7.41. The standard InChI is InChI=1S/C24H32F3N7O2/c25-24(26,27)18-9-17(11-30-23(18)36-8-4-15-1-5-29-6-2-15)20-21-22(33-19(10-28)32-20)34(14-31-21)12-16-3-7-35-13-16/h9,11,15-16,19-20,29,31-33H,1-8,12-14H2. The zero-order chi connectivity index (χ0) is 25.1. The van der Waals surface area contributed by atoms with Gasteiger partial charge in [-0.2, -0.15) is 18.4 Å². The number of hydrogen-bond acceptors (Lipinski definition) is 9. The van der Waals surface area contributed by atoms with Crippen LogP contribution in [0.1, 0.15) is 42.9 Å². The lowest BCUT2D eigenvalue weighted by Crippen LogP contribution is -2.50. The highest BCUT2D eigenvalue weighted by molar-refractivity contribution is 5.39. The summed E-state index contributed by atoms with van der Waals surface area (Å²) in [5, 5.41) is 22.4. The minimum Gasteiger partial charge on any atom is -0.477 e. The second-order valence-electron chi connectivity index (χ2n) is 9.80. The summed E-state index contributed by atoms with van der Waals surface area (Å²) < 4.78 is 53.1. The Morgan fingerprint density at radius 1 is 1.22 bits per heavy atom. The van der Waals surface area contributed by atoms with Gasteiger partial charge in [-0.3, -0.25) is 5.32 Å². The van der Waals surface area contributed by atoms with Crippen molar-refractivity contribution < 1.29 is 22.6 Å². The molecule has 0 spiro atoms. The highest BCUT2D eigenvalue weighted by Gasteiger charge is 2.40. The molecular formula is C24H32F3N7O2. The normalized spacial score (nSPS) is 26.8. The molecule has 4 N–H and O–H groups in total. The van der Waals surface area contributed by atoms with Gasteiger partial charge in [0.2, 0.25) is 5.88 Å². The van der Waals surface area contributed by atoms with Crippen molar-refractivity contribution in [1.82, 2.24) is 31.2 Å². The lowest BCUT2D eigenvalue weighted by molar-refractivity contribution is -0.139. The maximum Gasteiger partial charge on any atom is 0.421 e. The van der Waals surface area contributed by atoms with E-state index in [1.807, 2.05) is 0 Å². The average molecular weight is 508 g/mol. The summed E-state index contributed by atoms with van der Waals surface area (Å²) in [6.07, 6.45) is -0.316. The monoisotopic (exact) mass is 507 g/mol. The van der Waals surface area contributed by atoms with E-state index in [9.17, 15) is 18.4 Å². The van der Waals surface area contributed by atoms with E-state index in [0.29, 0.717) is 42.8 Å². The number of pyridine rings is 1. The summed E-state index contributed by atoms with van der Waals surface area (Å²) in [5.41, 5.74) is 0.120.